The van der Waals surface area contributed by atoms with Gasteiger partial charge in [-0.1, -0.05) is 18.2 Å². The van der Waals surface area contributed by atoms with Gasteiger partial charge in [-0.25, -0.2) is 0 Å². The number of benzene rings is 1. The smallest absolute Gasteiger partial charge is 0.251 e. The van der Waals surface area contributed by atoms with Crippen molar-refractivity contribution in [3.63, 3.8) is 0 Å². The van der Waals surface area contributed by atoms with Gasteiger partial charge in [-0.05, 0) is 48.4 Å². The lowest BCUT2D eigenvalue weighted by atomic mass is 10.1. The molecular weight excluding hydrogens is 350 g/mol. The van der Waals surface area contributed by atoms with Gasteiger partial charge in [0.2, 0.25) is 0 Å². The van der Waals surface area contributed by atoms with Crippen LogP contribution in [0.4, 0.5) is 0 Å². The number of aryl methyl sites for hydroxylation is 1. The molecule has 0 aliphatic heterocycles. The van der Waals surface area contributed by atoms with Crippen molar-refractivity contribution in [3.8, 4) is 22.5 Å². The molecule has 0 N–H and O–H groups in total. The van der Waals surface area contributed by atoms with Gasteiger partial charge in [0.05, 0.1) is 5.52 Å². The van der Waals surface area contributed by atoms with E-state index in [1.807, 2.05) is 72.2 Å². The van der Waals surface area contributed by atoms with E-state index in [-0.39, 0.29) is 5.56 Å². The molecule has 136 valence electrons. The van der Waals surface area contributed by atoms with E-state index >= 15 is 0 Å². The molecule has 0 saturated carbocycles. The molecule has 0 atom stereocenters. The van der Waals surface area contributed by atoms with E-state index in [9.17, 15) is 4.79 Å². The van der Waals surface area contributed by atoms with Gasteiger partial charge in [0.1, 0.15) is 0 Å². The Morgan fingerprint density at radius 3 is 2.61 bits per heavy atom. The van der Waals surface area contributed by atoms with Crippen LogP contribution >= 0.6 is 0 Å². The fraction of sp³-hybridized carbons (Fsp3) is 0.0909. The first-order valence-electron chi connectivity index (χ1n) is 9.14. The van der Waals surface area contributed by atoms with Crippen LogP contribution in [0.2, 0.25) is 0 Å². The third-order valence-corrected chi connectivity index (χ3v) is 4.97. The van der Waals surface area contributed by atoms with Crippen LogP contribution in [-0.4, -0.2) is 24.1 Å². The van der Waals surface area contributed by atoms with Crippen molar-refractivity contribution in [2.45, 2.75) is 13.5 Å². The molecule has 6 heteroatoms. The van der Waals surface area contributed by atoms with Crippen molar-refractivity contribution in [2.24, 2.45) is 0 Å². The Balaban J connectivity index is 1.64. The van der Waals surface area contributed by atoms with Gasteiger partial charge in [-0.15, -0.1) is 10.2 Å². The minimum atomic E-state index is -0.00900. The van der Waals surface area contributed by atoms with Crippen molar-refractivity contribution < 1.29 is 0 Å². The maximum atomic E-state index is 12.1. The molecule has 0 unspecified atom stereocenters. The topological polar surface area (TPSA) is 65.1 Å². The molecule has 5 aromatic rings. The highest BCUT2D eigenvalue weighted by molar-refractivity contribution is 5.92. The van der Waals surface area contributed by atoms with Crippen LogP contribution in [0, 0.1) is 0 Å². The van der Waals surface area contributed by atoms with Crippen LogP contribution in [0.1, 0.15) is 6.92 Å². The number of hydrogen-bond donors (Lipinski definition) is 0. The molecule has 4 heterocycles. The number of pyridine rings is 3. The molecule has 0 aliphatic rings. The third kappa shape index (κ3) is 2.58. The average Bonchev–Trinajstić information content (AvgIpc) is 3.16. The summed E-state index contributed by atoms with van der Waals surface area (Å²) in [5.41, 5.74) is 4.43. The van der Waals surface area contributed by atoms with Crippen LogP contribution in [-0.2, 0) is 6.54 Å². The molecule has 0 amide bonds. The van der Waals surface area contributed by atoms with E-state index in [0.29, 0.717) is 6.54 Å². The summed E-state index contributed by atoms with van der Waals surface area (Å²) in [7, 11) is 0. The first-order valence-corrected chi connectivity index (χ1v) is 9.14. The Morgan fingerprint density at radius 1 is 0.929 bits per heavy atom. The van der Waals surface area contributed by atoms with Crippen LogP contribution in [0.25, 0.3) is 39.1 Å². The van der Waals surface area contributed by atoms with Crippen molar-refractivity contribution in [2.75, 3.05) is 0 Å². The van der Waals surface area contributed by atoms with Crippen molar-refractivity contribution >= 4 is 16.6 Å². The molecule has 0 spiro atoms. The molecule has 28 heavy (non-hydrogen) atoms. The molecule has 0 radical (unpaired) electrons. The van der Waals surface area contributed by atoms with E-state index in [1.54, 1.807) is 16.8 Å². The number of aromatic nitrogens is 5. The summed E-state index contributed by atoms with van der Waals surface area (Å²) in [4.78, 5) is 16.6. The molecule has 0 saturated heterocycles. The average molecular weight is 367 g/mol. The molecule has 0 fully saturated rings. The highest BCUT2D eigenvalue weighted by atomic mass is 16.1. The molecular formula is C22H17N5O. The van der Waals surface area contributed by atoms with E-state index in [2.05, 4.69) is 15.2 Å². The summed E-state index contributed by atoms with van der Waals surface area (Å²) in [6.45, 7) is 2.61. The van der Waals surface area contributed by atoms with Crippen LogP contribution in [0.3, 0.4) is 0 Å². The second kappa shape index (κ2) is 6.42. The quantitative estimate of drug-likeness (QED) is 0.487. The highest BCUT2D eigenvalue weighted by Gasteiger charge is 2.12. The van der Waals surface area contributed by atoms with Gasteiger partial charge in [-0.2, -0.15) is 0 Å². The Kier molecular flexibility index (Phi) is 3.76. The van der Waals surface area contributed by atoms with Crippen molar-refractivity contribution in [1.29, 1.82) is 0 Å². The van der Waals surface area contributed by atoms with E-state index in [1.165, 1.54) is 0 Å². The molecule has 0 aliphatic carbocycles. The van der Waals surface area contributed by atoms with Gasteiger partial charge in [0.25, 0.3) is 5.56 Å². The Labute approximate surface area is 160 Å². The van der Waals surface area contributed by atoms with Crippen LogP contribution in [0.15, 0.2) is 78.0 Å². The molecule has 6 nitrogen and oxygen atoms in total. The maximum Gasteiger partial charge on any atom is 0.251 e. The zero-order valence-electron chi connectivity index (χ0n) is 15.3. The second-order valence-electron chi connectivity index (χ2n) is 6.58. The van der Waals surface area contributed by atoms with Gasteiger partial charge < -0.3 is 4.57 Å². The molecule has 4 aromatic heterocycles. The number of hydrogen-bond acceptors (Lipinski definition) is 4. The Bertz CT molecular complexity index is 1380. The minimum absolute atomic E-state index is 0.00900. The third-order valence-electron chi connectivity index (χ3n) is 4.97. The highest BCUT2D eigenvalue weighted by Crippen LogP contribution is 2.27. The summed E-state index contributed by atoms with van der Waals surface area (Å²) >= 11 is 0. The standard InChI is InChI=1S/C22H17N5O/c1-2-26-11-8-16(14-21(26)28)15-9-12-27-20(13-15)24-25-22(27)18-7-10-23-19-6-4-3-5-17(18)19/h3-14H,2H2,1H3. The van der Waals surface area contributed by atoms with Crippen LogP contribution < -0.4 is 5.56 Å². The molecule has 5 rings (SSSR count). The predicted octanol–water partition coefficient (Wildman–Crippen LogP) is 3.79. The zero-order chi connectivity index (χ0) is 19.1. The van der Waals surface area contributed by atoms with Crippen molar-refractivity contribution in [3.05, 3.63) is 83.5 Å². The lowest BCUT2D eigenvalue weighted by Gasteiger charge is -2.07. The number of para-hydroxylation sites is 1. The normalized spacial score (nSPS) is 11.3. The van der Waals surface area contributed by atoms with E-state index in [4.69, 9.17) is 0 Å². The summed E-state index contributed by atoms with van der Waals surface area (Å²) < 4.78 is 3.63. The second-order valence-corrected chi connectivity index (χ2v) is 6.58. The summed E-state index contributed by atoms with van der Waals surface area (Å²) in [6, 6.07) is 17.5. The van der Waals surface area contributed by atoms with Crippen molar-refractivity contribution in [1.82, 2.24) is 24.1 Å². The summed E-state index contributed by atoms with van der Waals surface area (Å²) in [6.07, 6.45) is 5.55. The number of rotatable bonds is 3. The fourth-order valence-electron chi connectivity index (χ4n) is 3.49. The largest absolute Gasteiger partial charge is 0.316 e. The van der Waals surface area contributed by atoms with Gasteiger partial charge in [-0.3, -0.25) is 14.2 Å². The number of fused-ring (bicyclic) bond motifs is 2. The first kappa shape index (κ1) is 16.4. The minimum Gasteiger partial charge on any atom is -0.316 e. The fourth-order valence-corrected chi connectivity index (χ4v) is 3.49. The Morgan fingerprint density at radius 2 is 1.75 bits per heavy atom. The molecule has 1 aromatic carbocycles. The Hall–Kier alpha value is -3.80. The maximum absolute atomic E-state index is 12.1. The van der Waals surface area contributed by atoms with E-state index < -0.39 is 0 Å². The van der Waals surface area contributed by atoms with Gasteiger partial charge >= 0.3 is 0 Å². The zero-order valence-corrected chi connectivity index (χ0v) is 15.3. The van der Waals surface area contributed by atoms with Gasteiger partial charge in [0, 0.05) is 42.2 Å². The lowest BCUT2D eigenvalue weighted by molar-refractivity contribution is 0.728. The molecule has 0 bridgehead atoms. The summed E-state index contributed by atoms with van der Waals surface area (Å²) in [5, 5.41) is 9.80. The first-order chi connectivity index (χ1) is 13.7. The lowest BCUT2D eigenvalue weighted by Crippen LogP contribution is -2.17. The monoisotopic (exact) mass is 367 g/mol. The SMILES string of the molecule is CCn1ccc(-c2ccn3c(-c4ccnc5ccccc45)nnc3c2)cc1=O. The van der Waals surface area contributed by atoms with Crippen LogP contribution in [0.5, 0.6) is 0 Å². The van der Waals surface area contributed by atoms with E-state index in [0.717, 1.165) is 39.1 Å². The number of nitrogens with zero attached hydrogens (tertiary/aromatic N) is 5. The predicted molar refractivity (Wildman–Crippen MR) is 109 cm³/mol. The van der Waals surface area contributed by atoms with Gasteiger partial charge in [0.15, 0.2) is 11.5 Å². The summed E-state index contributed by atoms with van der Waals surface area (Å²) in [5.74, 6) is 0.765.